The molecule has 0 aliphatic carbocycles. The Bertz CT molecular complexity index is 1080. The van der Waals surface area contributed by atoms with Crippen molar-refractivity contribution < 1.29 is 9.47 Å². The number of benzene rings is 2. The van der Waals surface area contributed by atoms with Crippen LogP contribution in [0.2, 0.25) is 0 Å². The van der Waals surface area contributed by atoms with E-state index in [1.54, 1.807) is 7.11 Å². The van der Waals surface area contributed by atoms with Crippen LogP contribution in [0.4, 0.5) is 11.6 Å². The lowest BCUT2D eigenvalue weighted by molar-refractivity contribution is 0.123. The summed E-state index contributed by atoms with van der Waals surface area (Å²) in [5.41, 5.74) is 3.23. The molecule has 7 heteroatoms. The third-order valence-electron chi connectivity index (χ3n) is 6.49. The van der Waals surface area contributed by atoms with Crippen LogP contribution in [0.1, 0.15) is 12.8 Å². The van der Waals surface area contributed by atoms with Gasteiger partial charge in [0.2, 0.25) is 5.95 Å². The molecule has 1 aromatic heterocycles. The summed E-state index contributed by atoms with van der Waals surface area (Å²) in [7, 11) is 3.89. The monoisotopic (exact) mass is 433 g/mol. The van der Waals surface area contributed by atoms with Gasteiger partial charge in [-0.2, -0.15) is 0 Å². The van der Waals surface area contributed by atoms with Crippen LogP contribution in [-0.2, 0) is 4.74 Å². The maximum Gasteiger partial charge on any atom is 0.223 e. The van der Waals surface area contributed by atoms with Crippen LogP contribution in [-0.4, -0.2) is 74.5 Å². The van der Waals surface area contributed by atoms with Gasteiger partial charge in [0, 0.05) is 42.0 Å². The third-order valence-corrected chi connectivity index (χ3v) is 6.49. The first kappa shape index (κ1) is 21.0. The Morgan fingerprint density at radius 1 is 1.03 bits per heavy atom. The predicted molar refractivity (Wildman–Crippen MR) is 129 cm³/mol. The Morgan fingerprint density at radius 3 is 2.62 bits per heavy atom. The Kier molecular flexibility index (Phi) is 6.10. The van der Waals surface area contributed by atoms with Gasteiger partial charge in [0.25, 0.3) is 0 Å². The highest BCUT2D eigenvalue weighted by Crippen LogP contribution is 2.35. The Labute approximate surface area is 189 Å². The zero-order valence-electron chi connectivity index (χ0n) is 18.9. The van der Waals surface area contributed by atoms with Gasteiger partial charge in [0.1, 0.15) is 5.75 Å². The van der Waals surface area contributed by atoms with Crippen molar-refractivity contribution in [2.24, 2.45) is 0 Å². The van der Waals surface area contributed by atoms with E-state index in [0.717, 1.165) is 69.2 Å². The van der Waals surface area contributed by atoms with E-state index in [-0.39, 0.29) is 0 Å². The summed E-state index contributed by atoms with van der Waals surface area (Å²) < 4.78 is 11.1. The molecule has 2 aromatic carbocycles. The maximum atomic E-state index is 5.59. The Morgan fingerprint density at radius 2 is 1.84 bits per heavy atom. The van der Waals surface area contributed by atoms with Gasteiger partial charge in [-0.05, 0) is 68.7 Å². The van der Waals surface area contributed by atoms with Crippen molar-refractivity contribution in [3.63, 3.8) is 0 Å². The molecule has 7 nitrogen and oxygen atoms in total. The van der Waals surface area contributed by atoms with Crippen molar-refractivity contribution in [1.82, 2.24) is 14.9 Å². The molecule has 3 aromatic rings. The van der Waals surface area contributed by atoms with Crippen molar-refractivity contribution in [2.75, 3.05) is 63.8 Å². The molecule has 32 heavy (non-hydrogen) atoms. The number of piperidine rings is 1. The van der Waals surface area contributed by atoms with E-state index in [0.29, 0.717) is 12.0 Å². The third kappa shape index (κ3) is 4.49. The average Bonchev–Trinajstić information content (AvgIpc) is 2.85. The van der Waals surface area contributed by atoms with Crippen molar-refractivity contribution in [3.05, 3.63) is 42.6 Å². The molecule has 0 spiro atoms. The van der Waals surface area contributed by atoms with E-state index >= 15 is 0 Å². The molecule has 1 N–H and O–H groups in total. The number of rotatable bonds is 5. The van der Waals surface area contributed by atoms with E-state index in [4.69, 9.17) is 14.5 Å². The second-order valence-electron chi connectivity index (χ2n) is 8.67. The van der Waals surface area contributed by atoms with Gasteiger partial charge < -0.3 is 24.6 Å². The van der Waals surface area contributed by atoms with Crippen LogP contribution in [0.5, 0.6) is 5.75 Å². The van der Waals surface area contributed by atoms with E-state index in [9.17, 15) is 0 Å². The van der Waals surface area contributed by atoms with Crippen LogP contribution in [0, 0.1) is 0 Å². The highest BCUT2D eigenvalue weighted by Gasteiger charge is 2.19. The lowest BCUT2D eigenvalue weighted by Gasteiger charge is -2.30. The molecule has 2 fully saturated rings. The van der Waals surface area contributed by atoms with Crippen LogP contribution in [0.3, 0.4) is 0 Å². The van der Waals surface area contributed by atoms with Crippen molar-refractivity contribution in [2.45, 2.75) is 18.9 Å². The predicted octanol–water partition coefficient (Wildman–Crippen LogP) is 3.65. The molecule has 168 valence electrons. The van der Waals surface area contributed by atoms with Gasteiger partial charge in [0.05, 0.1) is 26.0 Å². The second-order valence-corrected chi connectivity index (χ2v) is 8.67. The summed E-state index contributed by atoms with van der Waals surface area (Å²) in [6.45, 7) is 5.45. The molecule has 0 atom stereocenters. The number of anilines is 2. The highest BCUT2D eigenvalue weighted by molar-refractivity contribution is 5.98. The topological polar surface area (TPSA) is 62.8 Å². The smallest absolute Gasteiger partial charge is 0.223 e. The number of nitrogens with zero attached hydrogens (tertiary/aromatic N) is 4. The second kappa shape index (κ2) is 9.30. The number of likely N-dealkylation sites (tertiary alicyclic amines) is 1. The summed E-state index contributed by atoms with van der Waals surface area (Å²) in [5.74, 6) is 1.58. The van der Waals surface area contributed by atoms with E-state index in [2.05, 4.69) is 51.4 Å². The van der Waals surface area contributed by atoms with E-state index < -0.39 is 0 Å². The number of aromatic nitrogens is 2. The molecule has 0 saturated carbocycles. The fourth-order valence-corrected chi connectivity index (χ4v) is 4.58. The summed E-state index contributed by atoms with van der Waals surface area (Å²) in [4.78, 5) is 14.1. The largest absolute Gasteiger partial charge is 0.497 e. The number of methoxy groups -OCH3 is 1. The molecule has 2 aliphatic heterocycles. The minimum absolute atomic E-state index is 0.425. The van der Waals surface area contributed by atoms with Gasteiger partial charge in [-0.25, -0.2) is 9.97 Å². The molecular weight excluding hydrogens is 402 g/mol. The molecule has 0 bridgehead atoms. The average molecular weight is 434 g/mol. The van der Waals surface area contributed by atoms with Crippen LogP contribution in [0.25, 0.3) is 22.0 Å². The molecule has 0 amide bonds. The number of nitrogens with one attached hydrogen (secondary N) is 1. The molecule has 3 heterocycles. The fraction of sp³-hybridized carbons (Fsp3) is 0.440. The van der Waals surface area contributed by atoms with Crippen LogP contribution >= 0.6 is 0 Å². The summed E-state index contributed by atoms with van der Waals surface area (Å²) >= 11 is 0. The number of morpholine rings is 1. The number of ether oxygens (including phenoxy) is 2. The normalized spacial score (nSPS) is 18.1. The molecule has 0 radical (unpaired) electrons. The Balaban J connectivity index is 1.49. The van der Waals surface area contributed by atoms with Gasteiger partial charge in [0.15, 0.2) is 0 Å². The first-order chi connectivity index (χ1) is 15.7. The van der Waals surface area contributed by atoms with Crippen LogP contribution < -0.4 is 15.0 Å². The number of hydrogen-bond donors (Lipinski definition) is 1. The first-order valence-electron chi connectivity index (χ1n) is 11.4. The maximum absolute atomic E-state index is 5.59. The zero-order valence-corrected chi connectivity index (χ0v) is 18.9. The lowest BCUT2D eigenvalue weighted by Crippen LogP contribution is -2.37. The molecular formula is C25H31N5O2. The summed E-state index contributed by atoms with van der Waals surface area (Å²) in [5, 5.41) is 5.91. The number of hydrogen-bond acceptors (Lipinski definition) is 7. The lowest BCUT2D eigenvalue weighted by atomic mass is 10.0. The molecule has 2 saturated heterocycles. The quantitative estimate of drug-likeness (QED) is 0.659. The number of fused-ring (bicyclic) bond motifs is 1. The van der Waals surface area contributed by atoms with Gasteiger partial charge >= 0.3 is 0 Å². The van der Waals surface area contributed by atoms with Crippen molar-refractivity contribution in [1.29, 1.82) is 0 Å². The molecule has 2 aliphatic rings. The van der Waals surface area contributed by atoms with Crippen LogP contribution in [0.15, 0.2) is 42.6 Å². The molecule has 5 rings (SSSR count). The summed E-state index contributed by atoms with van der Waals surface area (Å²) in [6.07, 6.45) is 4.08. The van der Waals surface area contributed by atoms with E-state index in [1.165, 1.54) is 16.5 Å². The van der Waals surface area contributed by atoms with Gasteiger partial charge in [-0.1, -0.05) is 6.07 Å². The highest BCUT2D eigenvalue weighted by atomic mass is 16.5. The Hall–Kier alpha value is -2.90. The standard InChI is InChI=1S/C25H31N5O2/c1-29-9-6-20(7-10-29)27-25-26-8-5-23(28-25)19-15-18-3-4-21(31-2)17-22(18)24(16-19)30-11-13-32-14-12-30/h3-5,8,15-17,20H,6-7,9-14H2,1-2H3,(H,26,27,28). The molecule has 0 unspecified atom stereocenters. The van der Waals surface area contributed by atoms with E-state index in [1.807, 2.05) is 18.3 Å². The van der Waals surface area contributed by atoms with Gasteiger partial charge in [-0.3, -0.25) is 0 Å². The van der Waals surface area contributed by atoms with Gasteiger partial charge in [-0.15, -0.1) is 0 Å². The fourth-order valence-electron chi connectivity index (χ4n) is 4.58. The minimum Gasteiger partial charge on any atom is -0.497 e. The summed E-state index contributed by atoms with van der Waals surface area (Å²) in [6, 6.07) is 13.1. The van der Waals surface area contributed by atoms with Crippen molar-refractivity contribution in [3.8, 4) is 17.0 Å². The minimum atomic E-state index is 0.425. The zero-order chi connectivity index (χ0) is 21.9. The van der Waals surface area contributed by atoms with Crippen molar-refractivity contribution >= 4 is 22.4 Å². The SMILES string of the molecule is COc1ccc2cc(-c3ccnc(NC4CCN(C)CC4)n3)cc(N3CCOCC3)c2c1. The first-order valence-corrected chi connectivity index (χ1v) is 11.4.